The van der Waals surface area contributed by atoms with E-state index in [1.807, 2.05) is 13.8 Å². The van der Waals surface area contributed by atoms with Crippen molar-refractivity contribution >= 4 is 11.6 Å². The van der Waals surface area contributed by atoms with Crippen molar-refractivity contribution in [2.75, 3.05) is 0 Å². The zero-order valence-corrected chi connectivity index (χ0v) is 9.63. The molecular weight excluding hydrogens is 213 g/mol. The van der Waals surface area contributed by atoms with Gasteiger partial charge in [-0.25, -0.2) is 0 Å². The molecule has 3 atom stereocenters. The Morgan fingerprint density at radius 1 is 1.36 bits per heavy atom. The molecule has 0 aromatic rings. The van der Waals surface area contributed by atoms with E-state index in [9.17, 15) is 13.2 Å². The van der Waals surface area contributed by atoms with Crippen LogP contribution < -0.4 is 0 Å². The Bertz CT molecular complexity index is 234. The molecular formula is C10H16ClF3. The smallest absolute Gasteiger partial charge is 0.171 e. The number of rotatable bonds is 2. The summed E-state index contributed by atoms with van der Waals surface area (Å²) in [6.07, 6.45) is -3.66. The van der Waals surface area contributed by atoms with E-state index < -0.39 is 22.9 Å². The maximum absolute atomic E-state index is 12.6. The molecule has 84 valence electrons. The molecule has 0 nitrogen and oxygen atoms in total. The largest absolute Gasteiger partial charge is 0.392 e. The van der Waals surface area contributed by atoms with Crippen LogP contribution >= 0.6 is 11.6 Å². The summed E-state index contributed by atoms with van der Waals surface area (Å²) in [5, 5.41) is -0.364. The van der Waals surface area contributed by atoms with E-state index in [1.165, 1.54) is 6.92 Å². The minimum Gasteiger partial charge on any atom is -0.171 e. The predicted molar refractivity (Wildman–Crippen MR) is 51.4 cm³/mol. The lowest BCUT2D eigenvalue weighted by molar-refractivity contribution is -0.191. The Labute approximate surface area is 87.8 Å². The van der Waals surface area contributed by atoms with Gasteiger partial charge in [-0.1, -0.05) is 27.7 Å². The third kappa shape index (κ3) is 1.28. The van der Waals surface area contributed by atoms with E-state index in [1.54, 1.807) is 6.92 Å². The first-order valence-electron chi connectivity index (χ1n) is 4.83. The lowest BCUT2D eigenvalue weighted by Crippen LogP contribution is -2.32. The van der Waals surface area contributed by atoms with Gasteiger partial charge >= 0.3 is 6.18 Å². The van der Waals surface area contributed by atoms with E-state index in [-0.39, 0.29) is 5.38 Å². The van der Waals surface area contributed by atoms with E-state index in [4.69, 9.17) is 11.6 Å². The molecule has 0 N–H and O–H groups in total. The predicted octanol–water partition coefficient (Wildman–Crippen LogP) is 4.23. The van der Waals surface area contributed by atoms with Crippen LogP contribution in [0.25, 0.3) is 0 Å². The molecule has 0 aromatic heterocycles. The van der Waals surface area contributed by atoms with Crippen molar-refractivity contribution in [3.63, 3.8) is 0 Å². The minimum absolute atomic E-state index is 0.364. The number of alkyl halides is 4. The summed E-state index contributed by atoms with van der Waals surface area (Å²) >= 11 is 6.00. The quantitative estimate of drug-likeness (QED) is 0.621. The van der Waals surface area contributed by atoms with Gasteiger partial charge in [0.2, 0.25) is 0 Å². The lowest BCUT2D eigenvalue weighted by Gasteiger charge is -2.28. The first-order chi connectivity index (χ1) is 6.12. The zero-order valence-electron chi connectivity index (χ0n) is 8.87. The summed E-state index contributed by atoms with van der Waals surface area (Å²) in [6, 6.07) is 0. The molecule has 0 amide bonds. The van der Waals surface area contributed by atoms with Crippen molar-refractivity contribution in [3.05, 3.63) is 0 Å². The molecule has 1 aliphatic rings. The van der Waals surface area contributed by atoms with Crippen molar-refractivity contribution in [1.82, 2.24) is 0 Å². The standard InChI is InChI=1S/C10H16ClF3/c1-5-9(6(2)10(12,13)14)7(11)8(9,3)4/h6-7H,5H2,1-4H3. The molecule has 3 unspecified atom stereocenters. The van der Waals surface area contributed by atoms with Crippen molar-refractivity contribution in [2.24, 2.45) is 16.7 Å². The van der Waals surface area contributed by atoms with E-state index in [2.05, 4.69) is 0 Å². The van der Waals surface area contributed by atoms with Crippen LogP contribution in [0.4, 0.5) is 13.2 Å². The lowest BCUT2D eigenvalue weighted by atomic mass is 9.81. The molecule has 4 heteroatoms. The average molecular weight is 229 g/mol. The van der Waals surface area contributed by atoms with Crippen LogP contribution in [0, 0.1) is 16.7 Å². The number of hydrogen-bond acceptors (Lipinski definition) is 0. The summed E-state index contributed by atoms with van der Waals surface area (Å²) < 4.78 is 37.9. The third-order valence-corrected chi connectivity index (χ3v) is 4.99. The van der Waals surface area contributed by atoms with Crippen LogP contribution in [0.2, 0.25) is 0 Å². The van der Waals surface area contributed by atoms with Crippen molar-refractivity contribution in [1.29, 1.82) is 0 Å². The molecule has 0 spiro atoms. The fraction of sp³-hybridized carbons (Fsp3) is 1.00. The van der Waals surface area contributed by atoms with Gasteiger partial charge in [-0.3, -0.25) is 0 Å². The number of hydrogen-bond donors (Lipinski definition) is 0. The first-order valence-corrected chi connectivity index (χ1v) is 5.26. The maximum Gasteiger partial charge on any atom is 0.392 e. The Morgan fingerprint density at radius 2 is 1.71 bits per heavy atom. The van der Waals surface area contributed by atoms with Gasteiger partial charge in [0.05, 0.1) is 5.92 Å². The second-order valence-corrected chi connectivity index (χ2v) is 5.18. The molecule has 0 bridgehead atoms. The van der Waals surface area contributed by atoms with Gasteiger partial charge in [0.15, 0.2) is 0 Å². The zero-order chi connectivity index (χ0) is 11.4. The van der Waals surface area contributed by atoms with Crippen LogP contribution in [0.1, 0.15) is 34.1 Å². The van der Waals surface area contributed by atoms with Gasteiger partial charge < -0.3 is 0 Å². The molecule has 14 heavy (non-hydrogen) atoms. The summed E-state index contributed by atoms with van der Waals surface area (Å²) in [7, 11) is 0. The topological polar surface area (TPSA) is 0 Å². The van der Waals surface area contributed by atoms with Crippen LogP contribution in [0.15, 0.2) is 0 Å². The Balaban J connectivity index is 2.97. The van der Waals surface area contributed by atoms with Gasteiger partial charge in [0.25, 0.3) is 0 Å². The monoisotopic (exact) mass is 228 g/mol. The summed E-state index contributed by atoms with van der Waals surface area (Å²) in [6.45, 7) is 6.66. The van der Waals surface area contributed by atoms with E-state index >= 15 is 0 Å². The fourth-order valence-corrected chi connectivity index (χ4v) is 3.59. The summed E-state index contributed by atoms with van der Waals surface area (Å²) in [5.74, 6) is -1.32. The molecule has 1 saturated carbocycles. The van der Waals surface area contributed by atoms with E-state index in [0.29, 0.717) is 6.42 Å². The van der Waals surface area contributed by atoms with Gasteiger partial charge in [-0.05, 0) is 11.8 Å². The fourth-order valence-electron chi connectivity index (χ4n) is 2.83. The van der Waals surface area contributed by atoms with Crippen molar-refractivity contribution < 1.29 is 13.2 Å². The van der Waals surface area contributed by atoms with Crippen LogP contribution in [-0.2, 0) is 0 Å². The molecule has 1 aliphatic carbocycles. The Morgan fingerprint density at radius 3 is 1.79 bits per heavy atom. The average Bonchev–Trinajstić information content (AvgIpc) is 2.45. The van der Waals surface area contributed by atoms with Gasteiger partial charge in [-0.15, -0.1) is 11.6 Å². The highest BCUT2D eigenvalue weighted by Gasteiger charge is 2.75. The van der Waals surface area contributed by atoms with Crippen LogP contribution in [0.5, 0.6) is 0 Å². The van der Waals surface area contributed by atoms with E-state index in [0.717, 1.165) is 0 Å². The summed E-state index contributed by atoms with van der Waals surface area (Å²) in [4.78, 5) is 0. The maximum atomic E-state index is 12.6. The van der Waals surface area contributed by atoms with Crippen LogP contribution in [-0.4, -0.2) is 11.6 Å². The first kappa shape index (κ1) is 12.2. The van der Waals surface area contributed by atoms with Crippen LogP contribution in [0.3, 0.4) is 0 Å². The van der Waals surface area contributed by atoms with Gasteiger partial charge in [0, 0.05) is 10.8 Å². The molecule has 1 rings (SSSR count). The minimum atomic E-state index is -4.14. The highest BCUT2D eigenvalue weighted by molar-refractivity contribution is 6.24. The Hall–Kier alpha value is 0.0800. The van der Waals surface area contributed by atoms with Gasteiger partial charge in [-0.2, -0.15) is 13.2 Å². The SMILES string of the molecule is CCC1(C(C)C(F)(F)F)C(Cl)C1(C)C. The molecule has 0 heterocycles. The highest BCUT2D eigenvalue weighted by Crippen LogP contribution is 2.73. The third-order valence-electron chi connectivity index (χ3n) is 4.05. The second-order valence-electron chi connectivity index (χ2n) is 4.74. The molecule has 0 aromatic carbocycles. The molecule has 0 radical (unpaired) electrons. The second kappa shape index (κ2) is 3.03. The number of halogens is 4. The van der Waals surface area contributed by atoms with Crippen molar-refractivity contribution in [3.8, 4) is 0 Å². The summed E-state index contributed by atoms with van der Waals surface area (Å²) in [5.41, 5.74) is -1.18. The van der Waals surface area contributed by atoms with Gasteiger partial charge in [0.1, 0.15) is 0 Å². The highest BCUT2D eigenvalue weighted by atomic mass is 35.5. The van der Waals surface area contributed by atoms with Crippen molar-refractivity contribution in [2.45, 2.75) is 45.7 Å². The normalized spacial score (nSPS) is 38.1. The molecule has 0 saturated heterocycles. The molecule has 1 fully saturated rings. The Kier molecular flexibility index (Phi) is 2.63. The molecule has 0 aliphatic heterocycles.